The lowest BCUT2D eigenvalue weighted by Crippen LogP contribution is -2.25. The lowest BCUT2D eigenvalue weighted by Gasteiger charge is -2.12. The van der Waals surface area contributed by atoms with Crippen molar-refractivity contribution in [3.8, 4) is 11.4 Å². The summed E-state index contributed by atoms with van der Waals surface area (Å²) < 4.78 is 13.3. The van der Waals surface area contributed by atoms with Crippen LogP contribution in [0.2, 0.25) is 10.0 Å². The summed E-state index contributed by atoms with van der Waals surface area (Å²) in [5.41, 5.74) is 0.855. The predicted molar refractivity (Wildman–Crippen MR) is 93.0 cm³/mol. The average Bonchev–Trinajstić information content (AvgIpc) is 3.08. The van der Waals surface area contributed by atoms with E-state index in [1.165, 1.54) is 12.1 Å². The Morgan fingerprint density at radius 3 is 2.76 bits per heavy atom. The Kier molecular flexibility index (Phi) is 4.96. The minimum atomic E-state index is -0.759. The number of carbonyl (C=O) groups excluding carboxylic acids is 1. The van der Waals surface area contributed by atoms with Crippen molar-refractivity contribution in [2.45, 2.75) is 13.0 Å². The number of carbonyl (C=O) groups is 1. The maximum Gasteiger partial charge on any atom is 0.250 e. The van der Waals surface area contributed by atoms with Gasteiger partial charge >= 0.3 is 0 Å². The van der Waals surface area contributed by atoms with E-state index in [4.69, 9.17) is 23.2 Å². The summed E-state index contributed by atoms with van der Waals surface area (Å²) in [6, 6.07) is 9.97. The predicted octanol–water partition coefficient (Wildman–Crippen LogP) is 3.99. The Morgan fingerprint density at radius 2 is 2.00 bits per heavy atom. The molecule has 0 aliphatic carbocycles. The van der Waals surface area contributed by atoms with Gasteiger partial charge in [0.05, 0.1) is 15.7 Å². The molecule has 1 N–H and O–H groups in total. The van der Waals surface area contributed by atoms with Crippen molar-refractivity contribution in [3.63, 3.8) is 0 Å². The second kappa shape index (κ2) is 7.16. The second-order valence-electron chi connectivity index (χ2n) is 5.21. The number of rotatable bonds is 4. The number of aromatic nitrogens is 4. The van der Waals surface area contributed by atoms with Gasteiger partial charge in [0.25, 0.3) is 5.91 Å². The van der Waals surface area contributed by atoms with E-state index in [0.29, 0.717) is 16.3 Å². The first-order valence-corrected chi connectivity index (χ1v) is 8.01. The number of amides is 1. The van der Waals surface area contributed by atoms with Crippen molar-refractivity contribution in [1.82, 2.24) is 20.2 Å². The average molecular weight is 380 g/mol. The van der Waals surface area contributed by atoms with Crippen molar-refractivity contribution < 1.29 is 9.18 Å². The van der Waals surface area contributed by atoms with Gasteiger partial charge in [0, 0.05) is 5.56 Å². The SMILES string of the molecule is CC(C(=O)Nc1cccc(Cl)c1Cl)n1nnc(-c2cccc(F)c2)n1. The first-order valence-electron chi connectivity index (χ1n) is 7.26. The molecule has 0 aliphatic rings. The van der Waals surface area contributed by atoms with Crippen LogP contribution in [0.5, 0.6) is 0 Å². The van der Waals surface area contributed by atoms with Crippen molar-refractivity contribution in [1.29, 1.82) is 0 Å². The molecule has 1 aromatic heterocycles. The van der Waals surface area contributed by atoms with Gasteiger partial charge in [0.2, 0.25) is 5.82 Å². The standard InChI is InChI=1S/C16H12Cl2FN5O/c1-9(16(25)20-13-7-3-6-12(17)14(13)18)24-22-15(21-23-24)10-4-2-5-11(19)8-10/h2-9H,1H3,(H,20,25). The number of nitrogens with one attached hydrogen (secondary N) is 1. The van der Waals surface area contributed by atoms with Gasteiger partial charge in [-0.25, -0.2) is 4.39 Å². The smallest absolute Gasteiger partial charge is 0.250 e. The Hall–Kier alpha value is -2.51. The van der Waals surface area contributed by atoms with Crippen LogP contribution in [0.25, 0.3) is 11.4 Å². The summed E-state index contributed by atoms with van der Waals surface area (Å²) in [7, 11) is 0. The van der Waals surface area contributed by atoms with E-state index in [9.17, 15) is 9.18 Å². The monoisotopic (exact) mass is 379 g/mol. The molecule has 0 saturated heterocycles. The fraction of sp³-hybridized carbons (Fsp3) is 0.125. The third kappa shape index (κ3) is 3.78. The molecule has 0 bridgehead atoms. The highest BCUT2D eigenvalue weighted by molar-refractivity contribution is 6.44. The van der Waals surface area contributed by atoms with E-state index in [1.54, 1.807) is 37.3 Å². The van der Waals surface area contributed by atoms with Crippen LogP contribution < -0.4 is 5.32 Å². The van der Waals surface area contributed by atoms with Crippen molar-refractivity contribution in [3.05, 3.63) is 58.3 Å². The number of nitrogens with zero attached hydrogens (tertiary/aromatic N) is 4. The third-order valence-electron chi connectivity index (χ3n) is 3.45. The summed E-state index contributed by atoms with van der Waals surface area (Å²) in [6.07, 6.45) is 0. The summed E-state index contributed by atoms with van der Waals surface area (Å²) in [6.45, 7) is 1.60. The number of anilines is 1. The zero-order chi connectivity index (χ0) is 18.0. The Bertz CT molecular complexity index is 930. The minimum Gasteiger partial charge on any atom is -0.323 e. The molecule has 0 saturated carbocycles. The number of hydrogen-bond acceptors (Lipinski definition) is 4. The summed E-state index contributed by atoms with van der Waals surface area (Å²) in [5, 5.41) is 15.1. The largest absolute Gasteiger partial charge is 0.323 e. The molecule has 1 heterocycles. The zero-order valence-electron chi connectivity index (χ0n) is 12.9. The zero-order valence-corrected chi connectivity index (χ0v) is 14.5. The highest BCUT2D eigenvalue weighted by Crippen LogP contribution is 2.30. The molecule has 0 fully saturated rings. The number of tetrazole rings is 1. The minimum absolute atomic E-state index is 0.222. The molecular formula is C16H12Cl2FN5O. The fourth-order valence-electron chi connectivity index (χ4n) is 2.07. The van der Waals surface area contributed by atoms with Crippen LogP contribution in [0.15, 0.2) is 42.5 Å². The van der Waals surface area contributed by atoms with Crippen LogP contribution in [0.3, 0.4) is 0 Å². The maximum atomic E-state index is 13.3. The van der Waals surface area contributed by atoms with E-state index < -0.39 is 17.8 Å². The molecule has 3 aromatic rings. The van der Waals surface area contributed by atoms with E-state index in [1.807, 2.05) is 0 Å². The normalized spacial score (nSPS) is 12.0. The van der Waals surface area contributed by atoms with Gasteiger partial charge in [-0.1, -0.05) is 41.4 Å². The van der Waals surface area contributed by atoms with Crippen LogP contribution in [0, 0.1) is 5.82 Å². The van der Waals surface area contributed by atoms with E-state index in [0.717, 1.165) is 4.80 Å². The van der Waals surface area contributed by atoms with Gasteiger partial charge in [-0.2, -0.15) is 4.80 Å². The molecule has 3 rings (SSSR count). The summed E-state index contributed by atoms with van der Waals surface area (Å²) in [4.78, 5) is 13.5. The van der Waals surface area contributed by atoms with Gasteiger partial charge in [-0.15, -0.1) is 10.2 Å². The molecule has 25 heavy (non-hydrogen) atoms. The van der Waals surface area contributed by atoms with E-state index >= 15 is 0 Å². The van der Waals surface area contributed by atoms with Gasteiger partial charge < -0.3 is 5.32 Å². The van der Waals surface area contributed by atoms with Crippen molar-refractivity contribution in [2.75, 3.05) is 5.32 Å². The highest BCUT2D eigenvalue weighted by Gasteiger charge is 2.20. The van der Waals surface area contributed by atoms with Crippen LogP contribution in [0.1, 0.15) is 13.0 Å². The van der Waals surface area contributed by atoms with Gasteiger partial charge in [0.1, 0.15) is 11.9 Å². The summed E-state index contributed by atoms with van der Waals surface area (Å²) in [5.74, 6) is -0.581. The number of halogens is 3. The van der Waals surface area contributed by atoms with Crippen molar-refractivity contribution in [2.24, 2.45) is 0 Å². The molecule has 1 unspecified atom stereocenters. The molecule has 1 amide bonds. The highest BCUT2D eigenvalue weighted by atomic mass is 35.5. The molecule has 1 atom stereocenters. The Balaban J connectivity index is 1.78. The molecule has 0 spiro atoms. The maximum absolute atomic E-state index is 13.3. The number of benzene rings is 2. The van der Waals surface area contributed by atoms with Crippen LogP contribution in [-0.2, 0) is 4.79 Å². The summed E-state index contributed by atoms with van der Waals surface area (Å²) >= 11 is 12.0. The second-order valence-corrected chi connectivity index (χ2v) is 6.00. The van der Waals surface area contributed by atoms with Crippen LogP contribution in [-0.4, -0.2) is 26.1 Å². The molecule has 2 aromatic carbocycles. The first-order chi connectivity index (χ1) is 12.0. The van der Waals surface area contributed by atoms with E-state index in [-0.39, 0.29) is 10.8 Å². The first kappa shape index (κ1) is 17.3. The van der Waals surface area contributed by atoms with Crippen molar-refractivity contribution >= 4 is 34.8 Å². The van der Waals surface area contributed by atoms with Crippen LogP contribution in [0.4, 0.5) is 10.1 Å². The lowest BCUT2D eigenvalue weighted by atomic mass is 10.2. The molecule has 0 radical (unpaired) electrons. The van der Waals surface area contributed by atoms with Crippen LogP contribution >= 0.6 is 23.2 Å². The number of hydrogen-bond donors (Lipinski definition) is 1. The van der Waals surface area contributed by atoms with E-state index in [2.05, 4.69) is 20.7 Å². The van der Waals surface area contributed by atoms with Gasteiger partial charge in [0.15, 0.2) is 0 Å². The molecular weight excluding hydrogens is 368 g/mol. The Labute approximate surface area is 152 Å². The molecule has 9 heteroatoms. The van der Waals surface area contributed by atoms with Gasteiger partial charge in [-0.05, 0) is 36.4 Å². The fourth-order valence-corrected chi connectivity index (χ4v) is 2.42. The third-order valence-corrected chi connectivity index (χ3v) is 4.27. The topological polar surface area (TPSA) is 72.7 Å². The molecule has 128 valence electrons. The van der Waals surface area contributed by atoms with Gasteiger partial charge in [-0.3, -0.25) is 4.79 Å². The quantitative estimate of drug-likeness (QED) is 0.743. The lowest BCUT2D eigenvalue weighted by molar-refractivity contribution is -0.119. The molecule has 6 nitrogen and oxygen atoms in total. The Morgan fingerprint density at radius 1 is 1.24 bits per heavy atom. The molecule has 0 aliphatic heterocycles.